The molecular formula is C18H21NO2. The third-order valence-corrected chi connectivity index (χ3v) is 3.31. The van der Waals surface area contributed by atoms with Crippen molar-refractivity contribution in [1.82, 2.24) is 5.32 Å². The average Bonchev–Trinajstić information content (AvgIpc) is 2.46. The molecule has 3 heteroatoms. The van der Waals surface area contributed by atoms with E-state index < -0.39 is 0 Å². The fourth-order valence-corrected chi connectivity index (χ4v) is 2.08. The van der Waals surface area contributed by atoms with E-state index in [1.54, 1.807) is 0 Å². The van der Waals surface area contributed by atoms with Crippen LogP contribution in [0.1, 0.15) is 29.7 Å². The largest absolute Gasteiger partial charge is 0.484 e. The van der Waals surface area contributed by atoms with Gasteiger partial charge in [-0.25, -0.2) is 0 Å². The second-order valence-electron chi connectivity index (χ2n) is 5.31. The Balaban J connectivity index is 1.85. The van der Waals surface area contributed by atoms with Crippen molar-refractivity contribution in [3.8, 4) is 5.75 Å². The fraction of sp³-hybridized carbons (Fsp3) is 0.278. The second-order valence-corrected chi connectivity index (χ2v) is 5.31. The van der Waals surface area contributed by atoms with Crippen molar-refractivity contribution in [2.75, 3.05) is 6.61 Å². The fourth-order valence-electron chi connectivity index (χ4n) is 2.08. The predicted octanol–water partition coefficient (Wildman–Crippen LogP) is 3.56. The number of ether oxygens (including phenoxy) is 1. The van der Waals surface area contributed by atoms with Crippen LogP contribution in [0.15, 0.2) is 48.5 Å². The zero-order valence-electron chi connectivity index (χ0n) is 12.7. The monoisotopic (exact) mass is 283 g/mol. The molecule has 1 amide bonds. The molecular weight excluding hydrogens is 262 g/mol. The molecule has 0 aliphatic rings. The van der Waals surface area contributed by atoms with Gasteiger partial charge in [0.05, 0.1) is 6.04 Å². The topological polar surface area (TPSA) is 38.3 Å². The minimum Gasteiger partial charge on any atom is -0.484 e. The lowest BCUT2D eigenvalue weighted by Crippen LogP contribution is -2.31. The summed E-state index contributed by atoms with van der Waals surface area (Å²) in [6, 6.07) is 15.8. The van der Waals surface area contributed by atoms with Crippen molar-refractivity contribution >= 4 is 5.91 Å². The van der Waals surface area contributed by atoms with Gasteiger partial charge in [0.1, 0.15) is 5.75 Å². The van der Waals surface area contributed by atoms with E-state index in [1.807, 2.05) is 69.3 Å². The highest BCUT2D eigenvalue weighted by atomic mass is 16.5. The van der Waals surface area contributed by atoms with Crippen LogP contribution >= 0.6 is 0 Å². The quantitative estimate of drug-likeness (QED) is 0.911. The van der Waals surface area contributed by atoms with Crippen LogP contribution in [0.4, 0.5) is 0 Å². The van der Waals surface area contributed by atoms with E-state index in [1.165, 1.54) is 5.56 Å². The predicted molar refractivity (Wildman–Crippen MR) is 84.4 cm³/mol. The Morgan fingerprint density at radius 2 is 1.81 bits per heavy atom. The molecule has 2 rings (SSSR count). The van der Waals surface area contributed by atoms with Gasteiger partial charge >= 0.3 is 0 Å². The van der Waals surface area contributed by atoms with E-state index in [0.29, 0.717) is 5.75 Å². The average molecular weight is 283 g/mol. The Morgan fingerprint density at radius 1 is 1.10 bits per heavy atom. The summed E-state index contributed by atoms with van der Waals surface area (Å²) in [5.41, 5.74) is 3.41. The molecule has 0 radical (unpaired) electrons. The van der Waals surface area contributed by atoms with Crippen molar-refractivity contribution in [2.24, 2.45) is 0 Å². The SMILES string of the molecule is Cc1ccc([C@H](C)NC(=O)COc2cccc(C)c2)cc1. The van der Waals surface area contributed by atoms with Gasteiger partial charge in [0.25, 0.3) is 5.91 Å². The van der Waals surface area contributed by atoms with Crippen LogP contribution in [-0.4, -0.2) is 12.5 Å². The first-order valence-corrected chi connectivity index (χ1v) is 7.10. The zero-order valence-corrected chi connectivity index (χ0v) is 12.7. The van der Waals surface area contributed by atoms with Crippen molar-refractivity contribution in [2.45, 2.75) is 26.8 Å². The van der Waals surface area contributed by atoms with Gasteiger partial charge in [0, 0.05) is 0 Å². The molecule has 0 aromatic heterocycles. The molecule has 110 valence electrons. The number of carbonyl (C=O) groups excluding carboxylic acids is 1. The van der Waals surface area contributed by atoms with E-state index >= 15 is 0 Å². The maximum atomic E-state index is 11.9. The maximum Gasteiger partial charge on any atom is 0.258 e. The lowest BCUT2D eigenvalue weighted by Gasteiger charge is -2.15. The van der Waals surface area contributed by atoms with Crippen molar-refractivity contribution in [3.05, 3.63) is 65.2 Å². The van der Waals surface area contributed by atoms with Gasteiger partial charge in [-0.2, -0.15) is 0 Å². The molecule has 1 atom stereocenters. The Kier molecular flexibility index (Phi) is 4.99. The van der Waals surface area contributed by atoms with Gasteiger partial charge in [-0.3, -0.25) is 4.79 Å². The number of benzene rings is 2. The Labute approximate surface area is 126 Å². The number of rotatable bonds is 5. The van der Waals surface area contributed by atoms with Crippen LogP contribution in [0, 0.1) is 13.8 Å². The molecule has 0 aliphatic carbocycles. The van der Waals surface area contributed by atoms with Gasteiger partial charge in [-0.05, 0) is 44.0 Å². The molecule has 21 heavy (non-hydrogen) atoms. The van der Waals surface area contributed by atoms with E-state index in [2.05, 4.69) is 5.32 Å². The van der Waals surface area contributed by atoms with Crippen molar-refractivity contribution in [3.63, 3.8) is 0 Å². The van der Waals surface area contributed by atoms with Crippen LogP contribution < -0.4 is 10.1 Å². The van der Waals surface area contributed by atoms with E-state index in [9.17, 15) is 4.79 Å². The number of hydrogen-bond acceptors (Lipinski definition) is 2. The van der Waals surface area contributed by atoms with Crippen molar-refractivity contribution in [1.29, 1.82) is 0 Å². The highest BCUT2D eigenvalue weighted by molar-refractivity contribution is 5.78. The van der Waals surface area contributed by atoms with Crippen molar-refractivity contribution < 1.29 is 9.53 Å². The van der Waals surface area contributed by atoms with E-state index in [-0.39, 0.29) is 18.6 Å². The lowest BCUT2D eigenvalue weighted by molar-refractivity contribution is -0.123. The molecule has 0 heterocycles. The number of hydrogen-bond donors (Lipinski definition) is 1. The second kappa shape index (κ2) is 6.93. The summed E-state index contributed by atoms with van der Waals surface area (Å²) in [4.78, 5) is 11.9. The third-order valence-electron chi connectivity index (χ3n) is 3.31. The van der Waals surface area contributed by atoms with Gasteiger partial charge in [-0.1, -0.05) is 42.0 Å². The minimum absolute atomic E-state index is 0.0274. The Morgan fingerprint density at radius 3 is 2.48 bits per heavy atom. The molecule has 0 aliphatic heterocycles. The Bertz CT molecular complexity index is 605. The molecule has 2 aromatic carbocycles. The normalized spacial score (nSPS) is 11.8. The van der Waals surface area contributed by atoms with Gasteiger partial charge in [0.2, 0.25) is 0 Å². The molecule has 3 nitrogen and oxygen atoms in total. The number of aryl methyl sites for hydroxylation is 2. The van der Waals surface area contributed by atoms with Crippen LogP contribution in [0.3, 0.4) is 0 Å². The van der Waals surface area contributed by atoms with Gasteiger partial charge in [0.15, 0.2) is 6.61 Å². The molecule has 0 spiro atoms. The number of nitrogens with one attached hydrogen (secondary N) is 1. The van der Waals surface area contributed by atoms with Gasteiger partial charge < -0.3 is 10.1 Å². The number of amides is 1. The van der Waals surface area contributed by atoms with Crippen LogP contribution in [0.25, 0.3) is 0 Å². The smallest absolute Gasteiger partial charge is 0.258 e. The standard InChI is InChI=1S/C18H21NO2/c1-13-7-9-16(10-8-13)15(3)19-18(20)12-21-17-6-4-5-14(2)11-17/h4-11,15H,12H2,1-3H3,(H,19,20)/t15-/m0/s1. The highest BCUT2D eigenvalue weighted by Gasteiger charge is 2.09. The minimum atomic E-state index is -0.121. The Hall–Kier alpha value is -2.29. The molecule has 0 saturated carbocycles. The highest BCUT2D eigenvalue weighted by Crippen LogP contribution is 2.14. The van der Waals surface area contributed by atoms with E-state index in [0.717, 1.165) is 11.1 Å². The number of carbonyl (C=O) groups is 1. The third kappa shape index (κ3) is 4.63. The molecule has 2 aromatic rings. The zero-order chi connectivity index (χ0) is 15.2. The first-order chi connectivity index (χ1) is 10.0. The summed E-state index contributed by atoms with van der Waals surface area (Å²) in [6.45, 7) is 6.03. The molecule has 0 saturated heterocycles. The first-order valence-electron chi connectivity index (χ1n) is 7.10. The lowest BCUT2D eigenvalue weighted by atomic mass is 10.1. The summed E-state index contributed by atoms with van der Waals surface area (Å²) in [5, 5.41) is 2.94. The summed E-state index contributed by atoms with van der Waals surface area (Å²) in [6.07, 6.45) is 0. The summed E-state index contributed by atoms with van der Waals surface area (Å²) in [7, 11) is 0. The summed E-state index contributed by atoms with van der Waals surface area (Å²) < 4.78 is 5.49. The van der Waals surface area contributed by atoms with E-state index in [4.69, 9.17) is 4.74 Å². The van der Waals surface area contributed by atoms with Gasteiger partial charge in [-0.15, -0.1) is 0 Å². The molecule has 0 bridgehead atoms. The van der Waals surface area contributed by atoms with Crippen LogP contribution in [0.5, 0.6) is 5.75 Å². The summed E-state index contributed by atoms with van der Waals surface area (Å²) in [5.74, 6) is 0.595. The summed E-state index contributed by atoms with van der Waals surface area (Å²) >= 11 is 0. The maximum absolute atomic E-state index is 11.9. The molecule has 0 unspecified atom stereocenters. The van der Waals surface area contributed by atoms with Crippen LogP contribution in [0.2, 0.25) is 0 Å². The molecule has 0 fully saturated rings. The molecule has 1 N–H and O–H groups in total. The van der Waals surface area contributed by atoms with Crippen LogP contribution in [-0.2, 0) is 4.79 Å². The first kappa shape index (κ1) is 15.1.